The highest BCUT2D eigenvalue weighted by Crippen LogP contribution is 2.08. The summed E-state index contributed by atoms with van der Waals surface area (Å²) in [6, 6.07) is 7.43. The molecule has 4 nitrogen and oxygen atoms in total. The number of carbonyl (C=O) groups excluding carboxylic acids is 1. The van der Waals surface area contributed by atoms with Gasteiger partial charge in [-0.25, -0.2) is 0 Å². The third-order valence-corrected chi connectivity index (χ3v) is 3.04. The Bertz CT molecular complexity index is 385. The number of amides is 1. The van der Waals surface area contributed by atoms with Crippen LogP contribution in [0.5, 0.6) is 0 Å². The van der Waals surface area contributed by atoms with Crippen LogP contribution in [-0.2, 0) is 6.54 Å². The van der Waals surface area contributed by atoms with Crippen LogP contribution in [0.15, 0.2) is 24.3 Å². The van der Waals surface area contributed by atoms with Gasteiger partial charge in [-0.3, -0.25) is 4.79 Å². The Morgan fingerprint density at radius 3 is 2.44 bits per heavy atom. The van der Waals surface area contributed by atoms with Crippen LogP contribution >= 0.6 is 0 Å². The van der Waals surface area contributed by atoms with Crippen molar-refractivity contribution in [1.82, 2.24) is 10.6 Å². The minimum absolute atomic E-state index is 0.0802. The Morgan fingerprint density at radius 2 is 1.94 bits per heavy atom. The number of nitrogens with one attached hydrogen (secondary N) is 2. The molecule has 0 heterocycles. The van der Waals surface area contributed by atoms with Gasteiger partial charge in [0.2, 0.25) is 0 Å². The Morgan fingerprint density at radius 1 is 1.33 bits per heavy atom. The molecule has 3 N–H and O–H groups in total. The van der Waals surface area contributed by atoms with Gasteiger partial charge in [0, 0.05) is 25.7 Å². The van der Waals surface area contributed by atoms with Crippen molar-refractivity contribution in [1.29, 1.82) is 0 Å². The van der Waals surface area contributed by atoms with Crippen molar-refractivity contribution in [2.45, 2.75) is 32.4 Å². The SMILES string of the molecule is CCC(C)(O)CNCc1ccc(C(=O)NC)cc1. The van der Waals surface area contributed by atoms with Crippen LogP contribution in [0.25, 0.3) is 0 Å². The first-order chi connectivity index (χ1) is 8.48. The van der Waals surface area contributed by atoms with Crippen molar-refractivity contribution in [3.63, 3.8) is 0 Å². The molecule has 0 aliphatic heterocycles. The van der Waals surface area contributed by atoms with Crippen molar-refractivity contribution < 1.29 is 9.90 Å². The van der Waals surface area contributed by atoms with Crippen molar-refractivity contribution in [2.75, 3.05) is 13.6 Å². The number of rotatable bonds is 6. The van der Waals surface area contributed by atoms with Crippen LogP contribution in [0.2, 0.25) is 0 Å². The summed E-state index contributed by atoms with van der Waals surface area (Å²) < 4.78 is 0. The van der Waals surface area contributed by atoms with Gasteiger partial charge in [-0.05, 0) is 31.0 Å². The molecule has 0 fully saturated rings. The van der Waals surface area contributed by atoms with E-state index in [0.29, 0.717) is 18.7 Å². The van der Waals surface area contributed by atoms with E-state index in [1.54, 1.807) is 19.2 Å². The summed E-state index contributed by atoms with van der Waals surface area (Å²) in [5.41, 5.74) is 1.08. The van der Waals surface area contributed by atoms with E-state index in [-0.39, 0.29) is 5.91 Å². The second-order valence-corrected chi connectivity index (χ2v) is 4.73. The maximum atomic E-state index is 11.3. The summed E-state index contributed by atoms with van der Waals surface area (Å²) in [7, 11) is 1.62. The highest BCUT2D eigenvalue weighted by Gasteiger charge is 2.16. The molecular weight excluding hydrogens is 228 g/mol. The zero-order valence-electron chi connectivity index (χ0n) is 11.3. The van der Waals surface area contributed by atoms with Crippen LogP contribution in [0, 0.1) is 0 Å². The van der Waals surface area contributed by atoms with Crippen molar-refractivity contribution >= 4 is 5.91 Å². The molecule has 0 bridgehead atoms. The van der Waals surface area contributed by atoms with Gasteiger partial charge in [0.05, 0.1) is 5.60 Å². The summed E-state index contributed by atoms with van der Waals surface area (Å²) in [6.45, 7) is 5.01. The minimum atomic E-state index is -0.665. The van der Waals surface area contributed by atoms with Crippen LogP contribution in [0.3, 0.4) is 0 Å². The van der Waals surface area contributed by atoms with E-state index < -0.39 is 5.60 Å². The number of benzene rings is 1. The largest absolute Gasteiger partial charge is 0.389 e. The monoisotopic (exact) mass is 250 g/mol. The van der Waals surface area contributed by atoms with E-state index in [1.807, 2.05) is 26.0 Å². The summed E-state index contributed by atoms with van der Waals surface area (Å²) in [5, 5.41) is 15.6. The first-order valence-corrected chi connectivity index (χ1v) is 6.22. The highest BCUT2D eigenvalue weighted by molar-refractivity contribution is 5.93. The zero-order chi connectivity index (χ0) is 13.6. The predicted molar refractivity (Wildman–Crippen MR) is 72.5 cm³/mol. The van der Waals surface area contributed by atoms with Crippen LogP contribution in [-0.4, -0.2) is 30.2 Å². The smallest absolute Gasteiger partial charge is 0.251 e. The molecule has 0 saturated carbocycles. The molecule has 0 saturated heterocycles. The van der Waals surface area contributed by atoms with Gasteiger partial charge in [-0.1, -0.05) is 19.1 Å². The second kappa shape index (κ2) is 6.52. The second-order valence-electron chi connectivity index (χ2n) is 4.73. The fourth-order valence-electron chi connectivity index (χ4n) is 1.52. The molecule has 0 spiro atoms. The van der Waals surface area contributed by atoms with Gasteiger partial charge < -0.3 is 15.7 Å². The minimum Gasteiger partial charge on any atom is -0.389 e. The number of hydrogen-bond donors (Lipinski definition) is 3. The number of hydrogen-bond acceptors (Lipinski definition) is 3. The highest BCUT2D eigenvalue weighted by atomic mass is 16.3. The van der Waals surface area contributed by atoms with Crippen molar-refractivity contribution in [3.8, 4) is 0 Å². The average Bonchev–Trinajstić information content (AvgIpc) is 2.38. The predicted octanol–water partition coefficient (Wildman–Crippen LogP) is 1.30. The first kappa shape index (κ1) is 14.7. The molecule has 0 radical (unpaired) electrons. The van der Waals surface area contributed by atoms with Crippen LogP contribution in [0.1, 0.15) is 36.2 Å². The quantitative estimate of drug-likeness (QED) is 0.713. The van der Waals surface area contributed by atoms with Gasteiger partial charge in [0.15, 0.2) is 0 Å². The zero-order valence-corrected chi connectivity index (χ0v) is 11.3. The fourth-order valence-corrected chi connectivity index (χ4v) is 1.52. The lowest BCUT2D eigenvalue weighted by atomic mass is 10.0. The molecule has 4 heteroatoms. The normalized spacial score (nSPS) is 14.0. The lowest BCUT2D eigenvalue weighted by molar-refractivity contribution is 0.0555. The lowest BCUT2D eigenvalue weighted by Crippen LogP contribution is -2.36. The number of aliphatic hydroxyl groups is 1. The van der Waals surface area contributed by atoms with Crippen molar-refractivity contribution in [2.24, 2.45) is 0 Å². The Labute approximate surface area is 108 Å². The third kappa shape index (κ3) is 4.47. The van der Waals surface area contributed by atoms with Crippen LogP contribution < -0.4 is 10.6 Å². The fraction of sp³-hybridized carbons (Fsp3) is 0.500. The molecule has 0 aliphatic carbocycles. The van der Waals surface area contributed by atoms with E-state index in [0.717, 1.165) is 12.0 Å². The molecule has 100 valence electrons. The van der Waals surface area contributed by atoms with E-state index in [1.165, 1.54) is 0 Å². The summed E-state index contributed by atoms with van der Waals surface area (Å²) >= 11 is 0. The summed E-state index contributed by atoms with van der Waals surface area (Å²) in [6.07, 6.45) is 0.718. The standard InChI is InChI=1S/C14H22N2O2/c1-4-14(2,18)10-16-9-11-5-7-12(8-6-11)13(17)15-3/h5-8,16,18H,4,9-10H2,1-3H3,(H,15,17). The molecular formula is C14H22N2O2. The molecule has 1 atom stereocenters. The molecule has 1 amide bonds. The molecule has 1 rings (SSSR count). The van der Waals surface area contributed by atoms with Gasteiger partial charge in [-0.15, -0.1) is 0 Å². The lowest BCUT2D eigenvalue weighted by Gasteiger charge is -2.21. The maximum absolute atomic E-state index is 11.3. The van der Waals surface area contributed by atoms with E-state index in [2.05, 4.69) is 10.6 Å². The third-order valence-electron chi connectivity index (χ3n) is 3.04. The average molecular weight is 250 g/mol. The molecule has 0 aliphatic rings. The Balaban J connectivity index is 2.47. The molecule has 1 aromatic rings. The molecule has 1 unspecified atom stereocenters. The van der Waals surface area contributed by atoms with Crippen molar-refractivity contribution in [3.05, 3.63) is 35.4 Å². The van der Waals surface area contributed by atoms with E-state index in [9.17, 15) is 9.90 Å². The first-order valence-electron chi connectivity index (χ1n) is 6.22. The molecule has 1 aromatic carbocycles. The van der Waals surface area contributed by atoms with Crippen LogP contribution in [0.4, 0.5) is 0 Å². The number of carbonyl (C=O) groups is 1. The Hall–Kier alpha value is -1.39. The maximum Gasteiger partial charge on any atom is 0.251 e. The van der Waals surface area contributed by atoms with Gasteiger partial charge in [0.25, 0.3) is 5.91 Å². The van der Waals surface area contributed by atoms with E-state index in [4.69, 9.17) is 0 Å². The summed E-state index contributed by atoms with van der Waals surface area (Å²) in [5.74, 6) is -0.0802. The van der Waals surface area contributed by atoms with Gasteiger partial charge >= 0.3 is 0 Å². The van der Waals surface area contributed by atoms with Gasteiger partial charge in [-0.2, -0.15) is 0 Å². The van der Waals surface area contributed by atoms with Gasteiger partial charge in [0.1, 0.15) is 0 Å². The molecule has 18 heavy (non-hydrogen) atoms. The Kier molecular flexibility index (Phi) is 5.31. The summed E-state index contributed by atoms with van der Waals surface area (Å²) in [4.78, 5) is 11.3. The van der Waals surface area contributed by atoms with E-state index >= 15 is 0 Å². The molecule has 0 aromatic heterocycles. The topological polar surface area (TPSA) is 61.4 Å².